The molecule has 0 unspecified atom stereocenters. The molecule has 1 aliphatic heterocycles. The topological polar surface area (TPSA) is 70.6 Å². The molecule has 1 N–H and O–H groups in total. The summed E-state index contributed by atoms with van der Waals surface area (Å²) in [5.74, 6) is -0.391. The molecule has 2 aromatic heterocycles. The molecule has 3 aromatic rings. The molecule has 1 aromatic carbocycles. The van der Waals surface area contributed by atoms with Gasteiger partial charge in [-0.2, -0.15) is 0 Å². The van der Waals surface area contributed by atoms with E-state index in [2.05, 4.69) is 20.0 Å². The van der Waals surface area contributed by atoms with E-state index in [0.717, 1.165) is 6.20 Å². The van der Waals surface area contributed by atoms with E-state index in [-0.39, 0.29) is 17.6 Å². The number of halogens is 4. The van der Waals surface area contributed by atoms with Crippen LogP contribution in [0.2, 0.25) is 0 Å². The standard InChI is InChI=1S/C23H21F4N5O2/c1-14-10-11-31(2)19-8-7-18(15-4-3-5-17(12-15)34-23(25,26)27)29-21(19)32(14)22(33)30-20-9-6-16(24)13-28-20/h3-9,12-14H,10-11H2,1-2H3,(H,28,30,33)/t14-/m1/s1. The second kappa shape index (κ2) is 9.16. The van der Waals surface area contributed by atoms with Crippen LogP contribution in [0.5, 0.6) is 5.75 Å². The molecule has 7 nitrogen and oxygen atoms in total. The Bertz CT molecular complexity index is 1190. The van der Waals surface area contributed by atoms with E-state index in [1.54, 1.807) is 18.2 Å². The van der Waals surface area contributed by atoms with Crippen LogP contribution in [0, 0.1) is 5.82 Å². The number of alkyl halides is 3. The van der Waals surface area contributed by atoms with Crippen molar-refractivity contribution in [3.63, 3.8) is 0 Å². The van der Waals surface area contributed by atoms with Crippen molar-refractivity contribution in [2.75, 3.05) is 28.7 Å². The van der Waals surface area contributed by atoms with Crippen molar-refractivity contribution >= 4 is 23.4 Å². The molecule has 178 valence electrons. The van der Waals surface area contributed by atoms with Gasteiger partial charge < -0.3 is 9.64 Å². The van der Waals surface area contributed by atoms with Crippen LogP contribution in [0.1, 0.15) is 13.3 Å². The highest BCUT2D eigenvalue weighted by atomic mass is 19.4. The highest BCUT2D eigenvalue weighted by Crippen LogP contribution is 2.36. The molecule has 0 fully saturated rings. The van der Waals surface area contributed by atoms with Gasteiger partial charge in [0.05, 0.1) is 17.6 Å². The number of anilines is 3. The van der Waals surface area contributed by atoms with Gasteiger partial charge in [-0.1, -0.05) is 12.1 Å². The van der Waals surface area contributed by atoms with Crippen LogP contribution in [0.15, 0.2) is 54.7 Å². The first-order valence-corrected chi connectivity index (χ1v) is 10.4. The first-order valence-electron chi connectivity index (χ1n) is 10.4. The summed E-state index contributed by atoms with van der Waals surface area (Å²) in [6, 6.07) is 10.7. The van der Waals surface area contributed by atoms with Crippen molar-refractivity contribution in [3.05, 3.63) is 60.5 Å². The second-order valence-corrected chi connectivity index (χ2v) is 7.84. The Morgan fingerprint density at radius 3 is 2.68 bits per heavy atom. The minimum absolute atomic E-state index is 0.172. The molecule has 0 spiro atoms. The summed E-state index contributed by atoms with van der Waals surface area (Å²) in [6.07, 6.45) is -3.18. The normalized spacial score (nSPS) is 16.0. The first kappa shape index (κ1) is 23.3. The molecule has 4 rings (SSSR count). The van der Waals surface area contributed by atoms with Crippen LogP contribution in [0.4, 0.5) is 39.7 Å². The second-order valence-electron chi connectivity index (χ2n) is 7.84. The van der Waals surface area contributed by atoms with E-state index in [1.807, 2.05) is 18.9 Å². The number of benzene rings is 1. The maximum atomic E-state index is 13.2. The fourth-order valence-corrected chi connectivity index (χ4v) is 3.68. The highest BCUT2D eigenvalue weighted by Gasteiger charge is 2.32. The number of nitrogens with one attached hydrogen (secondary N) is 1. The molecule has 11 heteroatoms. The van der Waals surface area contributed by atoms with Gasteiger partial charge in [-0.3, -0.25) is 10.2 Å². The summed E-state index contributed by atoms with van der Waals surface area (Å²) in [6.45, 7) is 2.52. The molecule has 3 heterocycles. The molecular formula is C23H21F4N5O2. The van der Waals surface area contributed by atoms with Gasteiger partial charge in [-0.15, -0.1) is 13.2 Å². The molecule has 0 saturated heterocycles. The zero-order valence-corrected chi connectivity index (χ0v) is 18.3. The van der Waals surface area contributed by atoms with Crippen LogP contribution in [-0.4, -0.2) is 42.0 Å². The monoisotopic (exact) mass is 475 g/mol. The van der Waals surface area contributed by atoms with Crippen LogP contribution < -0.4 is 19.9 Å². The van der Waals surface area contributed by atoms with Crippen molar-refractivity contribution in [1.82, 2.24) is 9.97 Å². The van der Waals surface area contributed by atoms with Crippen LogP contribution in [0.3, 0.4) is 0 Å². The predicted octanol–water partition coefficient (Wildman–Crippen LogP) is 5.45. The largest absolute Gasteiger partial charge is 0.573 e. The van der Waals surface area contributed by atoms with Gasteiger partial charge in [-0.05, 0) is 49.7 Å². The number of hydrogen-bond donors (Lipinski definition) is 1. The van der Waals surface area contributed by atoms with Crippen LogP contribution in [-0.2, 0) is 0 Å². The summed E-state index contributed by atoms with van der Waals surface area (Å²) in [5, 5.41) is 2.65. The predicted molar refractivity (Wildman–Crippen MR) is 119 cm³/mol. The van der Waals surface area contributed by atoms with E-state index in [4.69, 9.17) is 0 Å². The van der Waals surface area contributed by atoms with Crippen molar-refractivity contribution in [2.24, 2.45) is 0 Å². The van der Waals surface area contributed by atoms with Gasteiger partial charge in [0.25, 0.3) is 0 Å². The summed E-state index contributed by atoms with van der Waals surface area (Å²) < 4.78 is 55.2. The number of amides is 2. The third kappa shape index (κ3) is 5.19. The number of nitrogens with zero attached hydrogens (tertiary/aromatic N) is 4. The Kier molecular flexibility index (Phi) is 6.27. The van der Waals surface area contributed by atoms with Gasteiger partial charge >= 0.3 is 12.4 Å². The van der Waals surface area contributed by atoms with E-state index < -0.39 is 18.2 Å². The molecule has 0 saturated carbocycles. The van der Waals surface area contributed by atoms with E-state index in [1.165, 1.54) is 35.2 Å². The number of pyridine rings is 2. The molecule has 34 heavy (non-hydrogen) atoms. The van der Waals surface area contributed by atoms with Gasteiger partial charge in [0.1, 0.15) is 17.4 Å². The molecule has 1 atom stereocenters. The lowest BCUT2D eigenvalue weighted by atomic mass is 10.1. The molecule has 2 amide bonds. The Labute approximate surface area is 193 Å². The van der Waals surface area contributed by atoms with Crippen molar-refractivity contribution in [1.29, 1.82) is 0 Å². The molecule has 0 bridgehead atoms. The number of hydrogen-bond acceptors (Lipinski definition) is 5. The summed E-state index contributed by atoms with van der Waals surface area (Å²) in [5.41, 5.74) is 1.44. The average Bonchev–Trinajstić information content (AvgIpc) is 2.90. The van der Waals surface area contributed by atoms with Crippen LogP contribution >= 0.6 is 0 Å². The maximum absolute atomic E-state index is 13.2. The third-order valence-electron chi connectivity index (χ3n) is 5.36. The lowest BCUT2D eigenvalue weighted by molar-refractivity contribution is -0.274. The third-order valence-corrected chi connectivity index (χ3v) is 5.36. The van der Waals surface area contributed by atoms with E-state index in [9.17, 15) is 22.4 Å². The van der Waals surface area contributed by atoms with Gasteiger partial charge in [0.2, 0.25) is 0 Å². The fourth-order valence-electron chi connectivity index (χ4n) is 3.68. The van der Waals surface area contributed by atoms with Gasteiger partial charge in [0.15, 0.2) is 5.82 Å². The quantitative estimate of drug-likeness (QED) is 0.511. The van der Waals surface area contributed by atoms with Crippen molar-refractivity contribution in [3.8, 4) is 17.0 Å². The Balaban J connectivity index is 1.72. The fraction of sp³-hybridized carbons (Fsp3) is 0.261. The van der Waals surface area contributed by atoms with E-state index in [0.29, 0.717) is 35.7 Å². The van der Waals surface area contributed by atoms with Crippen molar-refractivity contribution < 1.29 is 27.1 Å². The first-order chi connectivity index (χ1) is 16.1. The molecule has 1 aliphatic rings. The number of ether oxygens (including phenoxy) is 1. The number of urea groups is 1. The Hall–Kier alpha value is -3.89. The number of aromatic nitrogens is 2. The molecular weight excluding hydrogens is 454 g/mol. The number of rotatable bonds is 3. The number of carbonyl (C=O) groups is 1. The van der Waals surface area contributed by atoms with Gasteiger partial charge in [-0.25, -0.2) is 19.2 Å². The minimum atomic E-state index is -4.82. The lowest BCUT2D eigenvalue weighted by Gasteiger charge is -2.28. The van der Waals surface area contributed by atoms with E-state index >= 15 is 0 Å². The summed E-state index contributed by atoms with van der Waals surface area (Å²) in [7, 11) is 1.87. The highest BCUT2D eigenvalue weighted by molar-refractivity contribution is 6.03. The zero-order chi connectivity index (χ0) is 24.5. The maximum Gasteiger partial charge on any atom is 0.573 e. The lowest BCUT2D eigenvalue weighted by Crippen LogP contribution is -2.42. The minimum Gasteiger partial charge on any atom is -0.406 e. The number of fused-ring (bicyclic) bond motifs is 1. The summed E-state index contributed by atoms with van der Waals surface area (Å²) in [4.78, 5) is 25.2. The number of carbonyl (C=O) groups excluding carboxylic acids is 1. The molecule has 0 aliphatic carbocycles. The smallest absolute Gasteiger partial charge is 0.406 e. The van der Waals surface area contributed by atoms with Crippen LogP contribution in [0.25, 0.3) is 11.3 Å². The average molecular weight is 475 g/mol. The van der Waals surface area contributed by atoms with Gasteiger partial charge in [0, 0.05) is 25.2 Å². The molecule has 0 radical (unpaired) electrons. The SMILES string of the molecule is C[C@@H]1CCN(C)c2ccc(-c3cccc(OC(F)(F)F)c3)nc2N1C(=O)Nc1ccc(F)cn1. The Morgan fingerprint density at radius 1 is 1.18 bits per heavy atom. The zero-order valence-electron chi connectivity index (χ0n) is 18.3. The summed E-state index contributed by atoms with van der Waals surface area (Å²) >= 11 is 0. The Morgan fingerprint density at radius 2 is 1.97 bits per heavy atom. The van der Waals surface area contributed by atoms with Crippen molar-refractivity contribution in [2.45, 2.75) is 25.7 Å².